The van der Waals surface area contributed by atoms with Crippen molar-refractivity contribution in [3.8, 4) is 23.0 Å². The van der Waals surface area contributed by atoms with Crippen molar-refractivity contribution in [1.82, 2.24) is 15.0 Å². The van der Waals surface area contributed by atoms with Gasteiger partial charge in [-0.25, -0.2) is 4.98 Å². The minimum Gasteiger partial charge on any atom is -0.495 e. The number of pyridine rings is 2. The molecule has 4 aromatic rings. The van der Waals surface area contributed by atoms with Crippen LogP contribution in [0.15, 0.2) is 65.5 Å². The minimum absolute atomic E-state index is 0.364. The number of oxazole rings is 1. The van der Waals surface area contributed by atoms with Crippen molar-refractivity contribution in [3.05, 3.63) is 66.7 Å². The van der Waals surface area contributed by atoms with Gasteiger partial charge >= 0.3 is 0 Å². The van der Waals surface area contributed by atoms with Crippen LogP contribution in [0.1, 0.15) is 5.69 Å². The second kappa shape index (κ2) is 6.60. The van der Waals surface area contributed by atoms with Crippen LogP contribution < -0.4 is 9.47 Å². The quantitative estimate of drug-likeness (QED) is 0.552. The predicted molar refractivity (Wildman–Crippen MR) is 92.4 cm³/mol. The van der Waals surface area contributed by atoms with Crippen LogP contribution in [-0.4, -0.2) is 22.1 Å². The fraction of sp³-hybridized carbons (Fsp3) is 0.105. The van der Waals surface area contributed by atoms with Gasteiger partial charge in [-0.2, -0.15) is 0 Å². The fourth-order valence-electron chi connectivity index (χ4n) is 2.38. The molecular weight excluding hydrogens is 318 g/mol. The lowest BCUT2D eigenvalue weighted by molar-refractivity contribution is 0.301. The molecule has 0 atom stereocenters. The summed E-state index contributed by atoms with van der Waals surface area (Å²) in [6.45, 7) is 0.364. The molecule has 0 spiro atoms. The van der Waals surface area contributed by atoms with E-state index in [1.54, 1.807) is 25.7 Å². The zero-order valence-corrected chi connectivity index (χ0v) is 13.5. The summed E-state index contributed by atoms with van der Waals surface area (Å²) in [7, 11) is 1.61. The van der Waals surface area contributed by atoms with Gasteiger partial charge in [0.05, 0.1) is 24.6 Å². The average Bonchev–Trinajstić information content (AvgIpc) is 3.11. The molecule has 0 N–H and O–H groups in total. The summed E-state index contributed by atoms with van der Waals surface area (Å²) >= 11 is 0. The molecule has 1 aromatic carbocycles. The number of hydrogen-bond donors (Lipinski definition) is 0. The van der Waals surface area contributed by atoms with E-state index in [0.29, 0.717) is 23.8 Å². The summed E-state index contributed by atoms with van der Waals surface area (Å²) in [6.07, 6.45) is 5.10. The Morgan fingerprint density at radius 3 is 2.72 bits per heavy atom. The lowest BCUT2D eigenvalue weighted by Gasteiger charge is -2.06. The first-order chi connectivity index (χ1) is 12.3. The van der Waals surface area contributed by atoms with Crippen LogP contribution in [0.3, 0.4) is 0 Å². The number of fused-ring (bicyclic) bond motifs is 1. The number of ether oxygens (including phenoxy) is 2. The highest BCUT2D eigenvalue weighted by atomic mass is 16.5. The first-order valence-corrected chi connectivity index (χ1v) is 7.74. The zero-order valence-electron chi connectivity index (χ0n) is 13.5. The predicted octanol–water partition coefficient (Wildman–Crippen LogP) is 3.87. The van der Waals surface area contributed by atoms with Crippen LogP contribution in [0.4, 0.5) is 0 Å². The second-order valence-electron chi connectivity index (χ2n) is 5.37. The fourth-order valence-corrected chi connectivity index (χ4v) is 2.38. The molecular formula is C19H15N3O3. The van der Waals surface area contributed by atoms with Gasteiger partial charge in [-0.05, 0) is 36.4 Å². The molecule has 124 valence electrons. The van der Waals surface area contributed by atoms with Crippen molar-refractivity contribution in [2.75, 3.05) is 7.11 Å². The summed E-state index contributed by atoms with van der Waals surface area (Å²) in [5, 5.41) is 0. The third-order valence-corrected chi connectivity index (χ3v) is 3.69. The van der Waals surface area contributed by atoms with E-state index in [2.05, 4.69) is 15.0 Å². The summed E-state index contributed by atoms with van der Waals surface area (Å²) in [4.78, 5) is 12.9. The third kappa shape index (κ3) is 3.28. The highest BCUT2D eigenvalue weighted by molar-refractivity contribution is 5.77. The second-order valence-corrected chi connectivity index (χ2v) is 5.37. The summed E-state index contributed by atoms with van der Waals surface area (Å²) in [5.74, 6) is 1.96. The molecule has 4 rings (SSSR count). The normalized spacial score (nSPS) is 10.8. The SMILES string of the molecule is COc1ccc(COc2ccc3oc(-c4cccnc4)nc3c2)nc1. The highest BCUT2D eigenvalue weighted by Crippen LogP contribution is 2.26. The van der Waals surface area contributed by atoms with E-state index in [0.717, 1.165) is 22.5 Å². The molecule has 0 aliphatic heterocycles. The maximum atomic E-state index is 5.79. The van der Waals surface area contributed by atoms with E-state index >= 15 is 0 Å². The lowest BCUT2D eigenvalue weighted by atomic mass is 10.3. The first-order valence-electron chi connectivity index (χ1n) is 7.74. The van der Waals surface area contributed by atoms with E-state index < -0.39 is 0 Å². The monoisotopic (exact) mass is 333 g/mol. The van der Waals surface area contributed by atoms with Gasteiger partial charge in [-0.15, -0.1) is 0 Å². The third-order valence-electron chi connectivity index (χ3n) is 3.69. The van der Waals surface area contributed by atoms with Gasteiger partial charge in [0.2, 0.25) is 5.89 Å². The molecule has 3 aromatic heterocycles. The highest BCUT2D eigenvalue weighted by Gasteiger charge is 2.09. The van der Waals surface area contributed by atoms with E-state index in [-0.39, 0.29) is 0 Å². The molecule has 25 heavy (non-hydrogen) atoms. The number of aromatic nitrogens is 3. The summed E-state index contributed by atoms with van der Waals surface area (Å²) in [6, 6.07) is 13.0. The first kappa shape index (κ1) is 15.1. The van der Waals surface area contributed by atoms with Crippen molar-refractivity contribution >= 4 is 11.1 Å². The smallest absolute Gasteiger partial charge is 0.228 e. The Labute approximate surface area is 144 Å². The molecule has 0 bridgehead atoms. The van der Waals surface area contributed by atoms with Gasteiger partial charge in [0, 0.05) is 18.5 Å². The molecule has 6 heteroatoms. The molecule has 6 nitrogen and oxygen atoms in total. The number of hydrogen-bond acceptors (Lipinski definition) is 6. The molecule has 0 amide bonds. The van der Waals surface area contributed by atoms with Crippen molar-refractivity contribution < 1.29 is 13.9 Å². The molecule has 0 radical (unpaired) electrons. The van der Waals surface area contributed by atoms with Gasteiger partial charge in [0.25, 0.3) is 0 Å². The van der Waals surface area contributed by atoms with Crippen LogP contribution in [-0.2, 0) is 6.61 Å². The Balaban J connectivity index is 1.52. The number of methoxy groups -OCH3 is 1. The van der Waals surface area contributed by atoms with Crippen LogP contribution in [0, 0.1) is 0 Å². The topological polar surface area (TPSA) is 70.3 Å². The van der Waals surface area contributed by atoms with Crippen molar-refractivity contribution in [2.24, 2.45) is 0 Å². The van der Waals surface area contributed by atoms with Gasteiger partial charge in [-0.3, -0.25) is 9.97 Å². The maximum absolute atomic E-state index is 5.79. The van der Waals surface area contributed by atoms with Crippen LogP contribution >= 0.6 is 0 Å². The van der Waals surface area contributed by atoms with Crippen molar-refractivity contribution in [3.63, 3.8) is 0 Å². The zero-order chi connectivity index (χ0) is 17.1. The Morgan fingerprint density at radius 2 is 1.96 bits per heavy atom. The van der Waals surface area contributed by atoms with Crippen molar-refractivity contribution in [1.29, 1.82) is 0 Å². The maximum Gasteiger partial charge on any atom is 0.228 e. The molecule has 0 saturated heterocycles. The average molecular weight is 333 g/mol. The van der Waals surface area contributed by atoms with Gasteiger partial charge in [0.1, 0.15) is 23.6 Å². The Hall–Kier alpha value is -3.41. The molecule has 0 aliphatic carbocycles. The molecule has 0 aliphatic rings. The van der Waals surface area contributed by atoms with Gasteiger partial charge < -0.3 is 13.9 Å². The molecule has 0 fully saturated rings. The largest absolute Gasteiger partial charge is 0.495 e. The number of nitrogens with zero attached hydrogens (tertiary/aromatic N) is 3. The van der Waals surface area contributed by atoms with Gasteiger partial charge in [-0.1, -0.05) is 0 Å². The van der Waals surface area contributed by atoms with Crippen LogP contribution in [0.2, 0.25) is 0 Å². The molecule has 0 saturated carbocycles. The van der Waals surface area contributed by atoms with Crippen molar-refractivity contribution in [2.45, 2.75) is 6.61 Å². The Bertz CT molecular complexity index is 982. The van der Waals surface area contributed by atoms with E-state index in [1.807, 2.05) is 42.5 Å². The van der Waals surface area contributed by atoms with Gasteiger partial charge in [0.15, 0.2) is 5.58 Å². The standard InChI is InChI=1S/C19H15N3O3/c1-23-16-5-4-14(21-11-16)12-24-15-6-7-18-17(9-15)22-19(25-18)13-3-2-8-20-10-13/h2-11H,12H2,1H3. The Kier molecular flexibility index (Phi) is 4.00. The minimum atomic E-state index is 0.364. The summed E-state index contributed by atoms with van der Waals surface area (Å²) in [5.41, 5.74) is 3.09. The summed E-state index contributed by atoms with van der Waals surface area (Å²) < 4.78 is 16.6. The van der Waals surface area contributed by atoms with E-state index in [9.17, 15) is 0 Å². The molecule has 3 heterocycles. The van der Waals surface area contributed by atoms with E-state index in [1.165, 1.54) is 0 Å². The van der Waals surface area contributed by atoms with Crippen LogP contribution in [0.25, 0.3) is 22.6 Å². The Morgan fingerprint density at radius 1 is 1.04 bits per heavy atom. The molecule has 0 unspecified atom stereocenters. The number of rotatable bonds is 5. The number of benzene rings is 1. The lowest BCUT2D eigenvalue weighted by Crippen LogP contribution is -1.98. The van der Waals surface area contributed by atoms with E-state index in [4.69, 9.17) is 13.9 Å². The van der Waals surface area contributed by atoms with Crippen LogP contribution in [0.5, 0.6) is 11.5 Å².